The maximum Gasteiger partial charge on any atom is 0.236 e. The Balaban J connectivity index is 1.57. The van der Waals surface area contributed by atoms with Crippen LogP contribution in [0, 0.1) is 5.92 Å². The summed E-state index contributed by atoms with van der Waals surface area (Å²) in [5.74, 6) is 0.838. The summed E-state index contributed by atoms with van der Waals surface area (Å²) in [6.45, 7) is 3.00. The van der Waals surface area contributed by atoms with Crippen LogP contribution in [0.2, 0.25) is 5.02 Å². The molecule has 0 aliphatic carbocycles. The van der Waals surface area contributed by atoms with E-state index in [-0.39, 0.29) is 17.9 Å². The van der Waals surface area contributed by atoms with Crippen LogP contribution < -0.4 is 0 Å². The molecule has 3 saturated heterocycles. The van der Waals surface area contributed by atoms with Gasteiger partial charge in [-0.05, 0) is 42.9 Å². The summed E-state index contributed by atoms with van der Waals surface area (Å²) < 4.78 is 0. The predicted octanol–water partition coefficient (Wildman–Crippen LogP) is 2.28. The van der Waals surface area contributed by atoms with Crippen molar-refractivity contribution in [2.45, 2.75) is 31.7 Å². The fraction of sp³-hybridized carbons (Fsp3) is 0.600. The number of carbonyl (C=O) groups is 2. The van der Waals surface area contributed by atoms with Crippen molar-refractivity contribution in [3.8, 4) is 0 Å². The number of rotatable bonds is 5. The smallest absolute Gasteiger partial charge is 0.236 e. The molecule has 0 radical (unpaired) electrons. The maximum absolute atomic E-state index is 12.8. The number of piperidine rings is 1. The van der Waals surface area contributed by atoms with Crippen molar-refractivity contribution in [1.29, 1.82) is 0 Å². The first-order valence-corrected chi connectivity index (χ1v) is 9.76. The second-order valence-corrected chi connectivity index (χ2v) is 8.19. The highest BCUT2D eigenvalue weighted by molar-refractivity contribution is 6.30. The molecule has 2 bridgehead atoms. The average molecular weight is 378 g/mol. The van der Waals surface area contributed by atoms with E-state index < -0.39 is 0 Å². The van der Waals surface area contributed by atoms with Gasteiger partial charge < -0.3 is 9.80 Å². The van der Waals surface area contributed by atoms with E-state index in [0.717, 1.165) is 49.5 Å². The Labute approximate surface area is 160 Å². The Bertz CT molecular complexity index is 647. The molecule has 5 nitrogen and oxygen atoms in total. The first kappa shape index (κ1) is 19.2. The van der Waals surface area contributed by atoms with Crippen molar-refractivity contribution in [3.63, 3.8) is 0 Å². The van der Waals surface area contributed by atoms with Gasteiger partial charge in [0.2, 0.25) is 11.8 Å². The minimum Gasteiger partial charge on any atom is -0.348 e. The van der Waals surface area contributed by atoms with E-state index in [2.05, 4.69) is 9.80 Å². The number of halogens is 1. The zero-order valence-corrected chi connectivity index (χ0v) is 16.4. The van der Waals surface area contributed by atoms with Gasteiger partial charge in [0.25, 0.3) is 0 Å². The largest absolute Gasteiger partial charge is 0.348 e. The zero-order chi connectivity index (χ0) is 18.7. The second kappa shape index (κ2) is 8.40. The summed E-state index contributed by atoms with van der Waals surface area (Å²) in [4.78, 5) is 30.8. The van der Waals surface area contributed by atoms with Gasteiger partial charge in [-0.15, -0.1) is 0 Å². The number of nitrogens with zero attached hydrogens (tertiary/aromatic N) is 3. The quantitative estimate of drug-likeness (QED) is 0.790. The Morgan fingerprint density at radius 2 is 1.85 bits per heavy atom. The van der Waals surface area contributed by atoms with Crippen LogP contribution in [0.3, 0.4) is 0 Å². The molecule has 2 amide bonds. The van der Waals surface area contributed by atoms with Crippen molar-refractivity contribution < 1.29 is 9.59 Å². The number of hydrogen-bond donors (Lipinski definition) is 0. The molecule has 0 N–H and O–H groups in total. The van der Waals surface area contributed by atoms with Gasteiger partial charge in [0.15, 0.2) is 0 Å². The van der Waals surface area contributed by atoms with Gasteiger partial charge in [-0.25, -0.2) is 0 Å². The third kappa shape index (κ3) is 4.77. The molecular weight excluding hydrogens is 350 g/mol. The maximum atomic E-state index is 12.8. The molecule has 142 valence electrons. The van der Waals surface area contributed by atoms with Crippen LogP contribution in [0.4, 0.5) is 0 Å². The van der Waals surface area contributed by atoms with E-state index in [1.165, 1.54) is 0 Å². The van der Waals surface area contributed by atoms with Gasteiger partial charge in [-0.2, -0.15) is 0 Å². The SMILES string of the molecule is CN(C)C(=O)CN1C[C@H]2CC[C@@H](C1)N(C(=O)CCc1ccc(Cl)cc1)C2. The monoisotopic (exact) mass is 377 g/mol. The van der Waals surface area contributed by atoms with Crippen LogP contribution in [-0.4, -0.2) is 72.8 Å². The molecule has 1 aromatic rings. The number of carbonyl (C=O) groups excluding carboxylic acids is 2. The van der Waals surface area contributed by atoms with Crippen molar-refractivity contribution in [2.24, 2.45) is 5.92 Å². The Hall–Kier alpha value is -1.59. The van der Waals surface area contributed by atoms with E-state index in [9.17, 15) is 9.59 Å². The molecule has 6 heteroatoms. The van der Waals surface area contributed by atoms with Gasteiger partial charge in [0.05, 0.1) is 6.54 Å². The second-order valence-electron chi connectivity index (χ2n) is 7.75. The summed E-state index contributed by atoms with van der Waals surface area (Å²) in [6.07, 6.45) is 3.47. The lowest BCUT2D eigenvalue weighted by Crippen LogP contribution is -2.47. The van der Waals surface area contributed by atoms with E-state index in [1.54, 1.807) is 19.0 Å². The van der Waals surface area contributed by atoms with Crippen molar-refractivity contribution >= 4 is 23.4 Å². The molecule has 3 fully saturated rings. The van der Waals surface area contributed by atoms with Crippen LogP contribution >= 0.6 is 11.6 Å². The summed E-state index contributed by atoms with van der Waals surface area (Å²) in [6, 6.07) is 7.95. The highest BCUT2D eigenvalue weighted by atomic mass is 35.5. The van der Waals surface area contributed by atoms with Crippen LogP contribution in [0.5, 0.6) is 0 Å². The number of hydrogen-bond acceptors (Lipinski definition) is 3. The van der Waals surface area contributed by atoms with Crippen LogP contribution in [0.25, 0.3) is 0 Å². The highest BCUT2D eigenvalue weighted by Crippen LogP contribution is 2.28. The third-order valence-corrected chi connectivity index (χ3v) is 5.76. The lowest BCUT2D eigenvalue weighted by Gasteiger charge is -2.36. The Morgan fingerprint density at radius 3 is 2.54 bits per heavy atom. The highest BCUT2D eigenvalue weighted by Gasteiger charge is 2.37. The molecule has 3 aliphatic rings. The Kier molecular flexibility index (Phi) is 6.20. The van der Waals surface area contributed by atoms with E-state index in [0.29, 0.717) is 18.9 Å². The molecule has 26 heavy (non-hydrogen) atoms. The molecule has 0 saturated carbocycles. The van der Waals surface area contributed by atoms with Crippen molar-refractivity contribution in [1.82, 2.24) is 14.7 Å². The predicted molar refractivity (Wildman–Crippen MR) is 103 cm³/mol. The minimum absolute atomic E-state index is 0.131. The first-order chi connectivity index (χ1) is 12.4. The summed E-state index contributed by atoms with van der Waals surface area (Å²) in [5, 5.41) is 0.720. The number of amides is 2. The number of aryl methyl sites for hydroxylation is 1. The number of fused-ring (bicyclic) bond motifs is 4. The van der Waals surface area contributed by atoms with Crippen LogP contribution in [-0.2, 0) is 16.0 Å². The molecule has 0 unspecified atom stereocenters. The van der Waals surface area contributed by atoms with E-state index >= 15 is 0 Å². The molecule has 2 atom stereocenters. The summed E-state index contributed by atoms with van der Waals surface area (Å²) in [7, 11) is 3.59. The third-order valence-electron chi connectivity index (χ3n) is 5.51. The number of benzene rings is 1. The summed E-state index contributed by atoms with van der Waals surface area (Å²) >= 11 is 5.92. The van der Waals surface area contributed by atoms with Gasteiger partial charge in [0.1, 0.15) is 0 Å². The van der Waals surface area contributed by atoms with Gasteiger partial charge in [0, 0.05) is 51.2 Å². The topological polar surface area (TPSA) is 43.9 Å². The van der Waals surface area contributed by atoms with Crippen LogP contribution in [0.15, 0.2) is 24.3 Å². The fourth-order valence-corrected chi connectivity index (χ4v) is 4.12. The fourth-order valence-electron chi connectivity index (χ4n) is 3.99. The molecule has 0 spiro atoms. The van der Waals surface area contributed by atoms with Crippen molar-refractivity contribution in [3.05, 3.63) is 34.9 Å². The van der Waals surface area contributed by atoms with E-state index in [4.69, 9.17) is 11.6 Å². The Morgan fingerprint density at radius 1 is 1.12 bits per heavy atom. The van der Waals surface area contributed by atoms with Gasteiger partial charge in [-0.1, -0.05) is 23.7 Å². The number of likely N-dealkylation sites (N-methyl/N-ethyl adjacent to an activating group) is 1. The lowest BCUT2D eigenvalue weighted by atomic mass is 9.94. The molecule has 1 aromatic carbocycles. The van der Waals surface area contributed by atoms with Gasteiger partial charge in [-0.3, -0.25) is 14.5 Å². The van der Waals surface area contributed by atoms with E-state index in [1.807, 2.05) is 24.3 Å². The lowest BCUT2D eigenvalue weighted by molar-refractivity contribution is -0.135. The van der Waals surface area contributed by atoms with Gasteiger partial charge >= 0.3 is 0 Å². The molecule has 3 heterocycles. The molecule has 4 rings (SSSR count). The van der Waals surface area contributed by atoms with Crippen molar-refractivity contribution in [2.75, 3.05) is 40.3 Å². The average Bonchev–Trinajstić information content (AvgIpc) is 2.91. The molecule has 3 aliphatic heterocycles. The summed E-state index contributed by atoms with van der Waals surface area (Å²) in [5.41, 5.74) is 1.14. The molecular formula is C20H28ClN3O2. The zero-order valence-electron chi connectivity index (χ0n) is 15.7. The molecule has 0 aromatic heterocycles. The van der Waals surface area contributed by atoms with Crippen LogP contribution in [0.1, 0.15) is 24.8 Å². The first-order valence-electron chi connectivity index (χ1n) is 9.39. The standard InChI is InChI=1S/C20H28ClN3O2/c1-22(2)20(26)14-23-11-16-5-9-18(13-23)24(12-16)19(25)10-6-15-3-7-17(21)8-4-15/h3-4,7-8,16,18H,5-6,9-14H2,1-2H3/t16-,18+/m1/s1. The normalized spacial score (nSPS) is 23.0. The minimum atomic E-state index is 0.131.